The fraction of sp³-hybridized carbons (Fsp3) is 0.451. The third-order valence-electron chi connectivity index (χ3n) is 39.7. The molecule has 0 atom stereocenters. The van der Waals surface area contributed by atoms with Crippen LogP contribution in [0.4, 0.5) is 0 Å². The lowest BCUT2D eigenvalue weighted by atomic mass is 9.76. The first-order chi connectivity index (χ1) is 69.1. The van der Waals surface area contributed by atoms with Crippen LogP contribution >= 0.6 is 70.6 Å². The Bertz CT molecular complexity index is 7920. The molecule has 2 aliphatic carbocycles. The van der Waals surface area contributed by atoms with Crippen LogP contribution in [0.2, 0.25) is 0 Å². The van der Waals surface area contributed by atoms with E-state index in [4.69, 9.17) is 4.74 Å². The van der Waals surface area contributed by atoms with E-state index in [1.165, 1.54) is 411 Å². The van der Waals surface area contributed by atoms with Gasteiger partial charge in [-0.1, -0.05) is 27.7 Å². The molecule has 149 heavy (non-hydrogen) atoms. The predicted molar refractivity (Wildman–Crippen MR) is 684 cm³/mol. The monoisotopic (exact) mass is 2100 g/mol. The third kappa shape index (κ3) is 19.0. The summed E-state index contributed by atoms with van der Waals surface area (Å²) < 4.78 is 5.78. The molecular formula is C142H186OS6. The third-order valence-corrected chi connectivity index (χ3v) is 45.5. The average molecular weight is 2100 g/mol. The topological polar surface area (TPSA) is 9.23 Å². The first kappa shape index (κ1) is 121. The van der Waals surface area contributed by atoms with Crippen molar-refractivity contribution in [2.45, 2.75) is 421 Å². The standard InChI is InChI=1S/2C24H30S.C23H30O.C23H30S.2C18H24S.C12H18S/c1-11-13(3)17(7)22-20(15(11)5)19(9)21-16(6)12(2)14(4)18(8)23(21)24(22)25-10;1-11-12(2)14(4)21-18(8)23-19(9)24(25-10)16(6)15(5)22(23)17(7)20(21)13(11)3;2*1-11-12(2)15(5)20-18(13(11)3)19-14(4)16(6)22(24-10)17(7)21(19)23(20,8)9;1-9-10(2)14(6)17-16(12(9)4)13(5)11(3)15(7)18(17)19-8;1-9-10(2)12(4)17-15(7)18(19-8)14(6)13(5)16(17)11(9)3;1-7-8(2)10(4)12(13-6)11(5)9(7)3/h2*1-10H3;2*1-10H3;2*1-8H3;1-6H3. The van der Waals surface area contributed by atoms with Crippen molar-refractivity contribution in [1.29, 1.82) is 0 Å². The summed E-state index contributed by atoms with van der Waals surface area (Å²) in [6.07, 6.45) is 13.2. The van der Waals surface area contributed by atoms with Crippen molar-refractivity contribution in [2.24, 2.45) is 0 Å². The highest BCUT2D eigenvalue weighted by atomic mass is 32.2. The molecule has 0 aliphatic heterocycles. The number of ether oxygens (including phenoxy) is 1. The second-order valence-electron chi connectivity index (χ2n) is 46.4. The second kappa shape index (κ2) is 44.9. The maximum absolute atomic E-state index is 5.78. The van der Waals surface area contributed by atoms with E-state index in [1.807, 2.05) is 70.6 Å². The smallest absolute Gasteiger partial charge is 0.125 e. The Balaban J connectivity index is 0.000000166. The van der Waals surface area contributed by atoms with Crippen LogP contribution in [0.3, 0.4) is 0 Å². The fourth-order valence-electron chi connectivity index (χ4n) is 27.8. The largest absolute Gasteiger partial charge is 0.496 e. The quantitative estimate of drug-likeness (QED) is 0.115. The Morgan fingerprint density at radius 3 is 0.537 bits per heavy atom. The van der Waals surface area contributed by atoms with Gasteiger partial charge in [0.2, 0.25) is 0 Å². The van der Waals surface area contributed by atoms with Crippen molar-refractivity contribution in [2.75, 3.05) is 44.6 Å². The molecule has 15 aromatic rings. The van der Waals surface area contributed by atoms with E-state index in [1.54, 1.807) is 18.2 Å². The number of fused-ring (bicyclic) bond motifs is 12. The van der Waals surface area contributed by atoms with Crippen LogP contribution < -0.4 is 4.74 Å². The van der Waals surface area contributed by atoms with E-state index in [0.29, 0.717) is 0 Å². The van der Waals surface area contributed by atoms with Gasteiger partial charge in [0, 0.05) is 40.2 Å². The number of methoxy groups -OCH3 is 1. The second-order valence-corrected chi connectivity index (χ2v) is 51.3. The van der Waals surface area contributed by atoms with Gasteiger partial charge in [-0.05, 0) is 784 Å². The van der Waals surface area contributed by atoms with Crippen molar-refractivity contribution in [3.63, 3.8) is 0 Å². The van der Waals surface area contributed by atoms with Crippen LogP contribution in [0.15, 0.2) is 29.4 Å². The molecule has 0 saturated heterocycles. The zero-order chi connectivity index (χ0) is 113. The van der Waals surface area contributed by atoms with Gasteiger partial charge < -0.3 is 4.74 Å². The summed E-state index contributed by atoms with van der Waals surface area (Å²) in [4.78, 5) is 8.75. The first-order valence-electron chi connectivity index (χ1n) is 54.3. The van der Waals surface area contributed by atoms with Crippen LogP contribution in [-0.2, 0) is 10.8 Å². The molecule has 17 rings (SSSR count). The highest BCUT2D eigenvalue weighted by Gasteiger charge is 2.45. The molecule has 796 valence electrons. The SMILES string of the molecule is COc1c(C)c(C)c2c(c1C)C(C)(C)c1c(C)c(C)c(C)c(C)c1-2.CSc1c(C)c(C)c(C)c(C)c1C.CSc1c(C)c(C)c(C)c2c(C)c(C)c(C)c(C)c12.CSc1c(C)c(C)c2c(C)c(C)c(C)c(C)c2c1C.CSc1c(C)c(C)c2c(C)c3c(C)c(C)c(C)c(C)c3c(C)c2c1C.CSc1c(C)c(C)c2c(c1C)C(C)(C)c1c(C)c(C)c(C)c(C)c1-2.CSc1c2c(C)c(C)c(C)c(C)c2c(C)c2c(C)c(C)c(C)c(C)c12. The van der Waals surface area contributed by atoms with E-state index in [0.717, 1.165) is 5.75 Å². The van der Waals surface area contributed by atoms with Crippen molar-refractivity contribution in [1.82, 2.24) is 0 Å². The van der Waals surface area contributed by atoms with Crippen LogP contribution in [0.1, 0.15) is 334 Å². The van der Waals surface area contributed by atoms with E-state index in [2.05, 4.69) is 418 Å². The number of rotatable bonds is 7. The molecule has 0 spiro atoms. The molecule has 0 fully saturated rings. The lowest BCUT2D eigenvalue weighted by Gasteiger charge is -2.28. The minimum atomic E-state index is 0.00773. The maximum atomic E-state index is 5.78. The highest BCUT2D eigenvalue weighted by molar-refractivity contribution is 8.00. The van der Waals surface area contributed by atoms with E-state index >= 15 is 0 Å². The molecule has 0 amide bonds. The highest BCUT2D eigenvalue weighted by Crippen LogP contribution is 2.61. The Labute approximate surface area is 931 Å². The molecule has 1 nitrogen and oxygen atoms in total. The summed E-state index contributed by atoms with van der Waals surface area (Å²) in [5.41, 5.74) is 85.7. The molecule has 7 heteroatoms. The zero-order valence-corrected chi connectivity index (χ0v) is 110. The van der Waals surface area contributed by atoms with Crippen molar-refractivity contribution in [3.05, 3.63) is 306 Å². The van der Waals surface area contributed by atoms with Crippen LogP contribution in [0, 0.1) is 353 Å². The Morgan fingerprint density at radius 1 is 0.121 bits per heavy atom. The van der Waals surface area contributed by atoms with Crippen LogP contribution in [0.5, 0.6) is 5.75 Å². The Hall–Kier alpha value is -8.24. The fourth-order valence-corrected chi connectivity index (χ4v) is 33.2. The lowest BCUT2D eigenvalue weighted by Crippen LogP contribution is -2.19. The van der Waals surface area contributed by atoms with E-state index in [-0.39, 0.29) is 10.8 Å². The van der Waals surface area contributed by atoms with Gasteiger partial charge in [0.1, 0.15) is 5.75 Å². The summed E-state index contributed by atoms with van der Waals surface area (Å²) in [7, 11) is 1.79. The van der Waals surface area contributed by atoms with E-state index in [9.17, 15) is 0 Å². The number of benzene rings is 15. The van der Waals surface area contributed by atoms with Crippen molar-refractivity contribution < 1.29 is 4.74 Å². The summed E-state index contributed by atoms with van der Waals surface area (Å²) in [6, 6.07) is 0. The van der Waals surface area contributed by atoms with Gasteiger partial charge in [0.05, 0.1) is 7.11 Å². The van der Waals surface area contributed by atoms with E-state index < -0.39 is 0 Å². The van der Waals surface area contributed by atoms with Crippen LogP contribution in [-0.4, -0.2) is 44.6 Å². The summed E-state index contributed by atoms with van der Waals surface area (Å²) >= 11 is 11.3. The maximum Gasteiger partial charge on any atom is 0.125 e. The van der Waals surface area contributed by atoms with Gasteiger partial charge in [-0.25, -0.2) is 0 Å². The number of hydrogen-bond acceptors (Lipinski definition) is 7. The molecule has 0 heterocycles. The van der Waals surface area contributed by atoms with Crippen molar-refractivity contribution in [3.8, 4) is 28.0 Å². The summed E-state index contributed by atoms with van der Waals surface area (Å²) in [5.74, 6) is 1.05. The molecule has 2 aliphatic rings. The number of thioether (sulfide) groups is 6. The molecule has 0 saturated carbocycles. The Kier molecular flexibility index (Phi) is 36.5. The number of aryl methyl sites for hydroxylation is 18. The van der Waals surface area contributed by atoms with Gasteiger partial charge >= 0.3 is 0 Å². The van der Waals surface area contributed by atoms with Gasteiger partial charge in [-0.15, -0.1) is 70.6 Å². The molecular weight excluding hydrogens is 1910 g/mol. The van der Waals surface area contributed by atoms with Gasteiger partial charge in [0.25, 0.3) is 0 Å². The molecule has 0 bridgehead atoms. The number of hydrogen-bond donors (Lipinski definition) is 0. The van der Waals surface area contributed by atoms with Crippen LogP contribution in [0.25, 0.3) is 86.9 Å². The lowest BCUT2D eigenvalue weighted by molar-refractivity contribution is 0.406. The van der Waals surface area contributed by atoms with Gasteiger partial charge in [-0.2, -0.15) is 0 Å². The van der Waals surface area contributed by atoms with Gasteiger partial charge in [-0.3, -0.25) is 0 Å². The summed E-state index contributed by atoms with van der Waals surface area (Å²) in [6.45, 7) is 126. The molecule has 0 radical (unpaired) electrons. The molecule has 15 aromatic carbocycles. The average Bonchev–Trinajstić information content (AvgIpc) is 1.45. The summed E-state index contributed by atoms with van der Waals surface area (Å²) in [5, 5.41) is 17.7. The predicted octanol–water partition coefficient (Wildman–Crippen LogP) is 43.4. The Morgan fingerprint density at radius 2 is 0.262 bits per heavy atom. The normalized spacial score (nSPS) is 12.5. The molecule has 0 N–H and O–H groups in total. The van der Waals surface area contributed by atoms with Crippen molar-refractivity contribution >= 4 is 135 Å². The zero-order valence-electron chi connectivity index (χ0n) is 105. The van der Waals surface area contributed by atoms with Gasteiger partial charge in [0.15, 0.2) is 0 Å². The first-order valence-corrected chi connectivity index (χ1v) is 61.6. The minimum absolute atomic E-state index is 0.00773. The molecule has 0 unspecified atom stereocenters. The minimum Gasteiger partial charge on any atom is -0.496 e. The molecule has 0 aromatic heterocycles.